The Morgan fingerprint density at radius 1 is 1.07 bits per heavy atom. The molecule has 4 nitrogen and oxygen atoms in total. The molecule has 1 rings (SSSR count). The van der Waals surface area contributed by atoms with E-state index in [4.69, 9.17) is 0 Å². The van der Waals surface area contributed by atoms with Crippen LogP contribution in [-0.4, -0.2) is 35.5 Å². The highest BCUT2D eigenvalue weighted by molar-refractivity contribution is 5.90. The van der Waals surface area contributed by atoms with Gasteiger partial charge >= 0.3 is 11.9 Å². The molecule has 1 heterocycles. The van der Waals surface area contributed by atoms with Crippen molar-refractivity contribution >= 4 is 11.9 Å². The largest absolute Gasteiger partial charge is 0.391 e. The number of rotatable bonds is 4. The second-order valence-corrected chi connectivity index (χ2v) is 3.99. The molecule has 0 radical (unpaired) electrons. The van der Waals surface area contributed by atoms with Gasteiger partial charge in [-0.2, -0.15) is 0 Å². The lowest BCUT2D eigenvalue weighted by atomic mass is 9.87. The van der Waals surface area contributed by atoms with Crippen molar-refractivity contribution in [2.24, 2.45) is 0 Å². The van der Waals surface area contributed by atoms with Gasteiger partial charge in [-0.05, 0) is 19.3 Å². The van der Waals surface area contributed by atoms with Gasteiger partial charge in [0.1, 0.15) is 0 Å². The number of cyclic esters (lactones) is 2. The average molecular weight is 213 g/mol. The minimum atomic E-state index is -0.425. The van der Waals surface area contributed by atoms with E-state index in [1.165, 1.54) is 0 Å². The van der Waals surface area contributed by atoms with Crippen molar-refractivity contribution in [3.8, 4) is 0 Å². The van der Waals surface area contributed by atoms with Gasteiger partial charge in [-0.25, -0.2) is 0 Å². The SMILES string of the molecule is CCC(CC)(CC)N1CC(=O)OC(=O)C1. The molecule has 0 aromatic rings. The first-order chi connectivity index (χ1) is 7.07. The number of carbonyl (C=O) groups excluding carboxylic acids is 2. The molecule has 15 heavy (non-hydrogen) atoms. The van der Waals surface area contributed by atoms with E-state index < -0.39 is 11.9 Å². The molecule has 0 aromatic carbocycles. The van der Waals surface area contributed by atoms with Crippen molar-refractivity contribution in [2.45, 2.75) is 45.6 Å². The predicted octanol–water partition coefficient (Wildman–Crippen LogP) is 1.34. The van der Waals surface area contributed by atoms with Crippen molar-refractivity contribution in [3.63, 3.8) is 0 Å². The molecule has 0 atom stereocenters. The monoisotopic (exact) mass is 213 g/mol. The molecule has 1 fully saturated rings. The van der Waals surface area contributed by atoms with Gasteiger partial charge in [0, 0.05) is 5.54 Å². The van der Waals surface area contributed by atoms with Crippen LogP contribution in [0.5, 0.6) is 0 Å². The van der Waals surface area contributed by atoms with Crippen molar-refractivity contribution in [1.29, 1.82) is 0 Å². The first-order valence-electron chi connectivity index (χ1n) is 5.56. The highest BCUT2D eigenvalue weighted by atomic mass is 16.6. The van der Waals surface area contributed by atoms with Crippen LogP contribution < -0.4 is 0 Å². The highest BCUT2D eigenvalue weighted by Gasteiger charge is 2.37. The van der Waals surface area contributed by atoms with Gasteiger partial charge in [-0.15, -0.1) is 0 Å². The Hall–Kier alpha value is -0.900. The maximum absolute atomic E-state index is 11.2. The Balaban J connectivity index is 2.83. The molecule has 0 saturated carbocycles. The molecule has 0 N–H and O–H groups in total. The summed E-state index contributed by atoms with van der Waals surface area (Å²) in [5.74, 6) is -0.850. The molecule has 86 valence electrons. The molecule has 0 aliphatic carbocycles. The molecule has 0 amide bonds. The fraction of sp³-hybridized carbons (Fsp3) is 0.818. The van der Waals surface area contributed by atoms with E-state index in [1.54, 1.807) is 0 Å². The molecule has 0 bridgehead atoms. The third kappa shape index (κ3) is 2.37. The van der Waals surface area contributed by atoms with Gasteiger partial charge in [-0.1, -0.05) is 20.8 Å². The normalized spacial score (nSPS) is 19.1. The maximum Gasteiger partial charge on any atom is 0.327 e. The summed E-state index contributed by atoms with van der Waals surface area (Å²) in [6.07, 6.45) is 2.84. The Morgan fingerprint density at radius 2 is 1.47 bits per heavy atom. The summed E-state index contributed by atoms with van der Waals surface area (Å²) in [7, 11) is 0. The summed E-state index contributed by atoms with van der Waals surface area (Å²) in [5.41, 5.74) is -0.0326. The van der Waals surface area contributed by atoms with Crippen LogP contribution >= 0.6 is 0 Å². The molecular formula is C11H19NO3. The molecular weight excluding hydrogens is 194 g/mol. The number of hydrogen-bond donors (Lipinski definition) is 0. The summed E-state index contributed by atoms with van der Waals surface area (Å²) in [4.78, 5) is 24.3. The van der Waals surface area contributed by atoms with Crippen LogP contribution in [0.25, 0.3) is 0 Å². The van der Waals surface area contributed by atoms with E-state index in [-0.39, 0.29) is 18.6 Å². The summed E-state index contributed by atoms with van der Waals surface area (Å²) in [6.45, 7) is 6.76. The minimum absolute atomic E-state index is 0.0326. The van der Waals surface area contributed by atoms with Gasteiger partial charge in [0.05, 0.1) is 13.1 Å². The van der Waals surface area contributed by atoms with E-state index in [9.17, 15) is 9.59 Å². The van der Waals surface area contributed by atoms with E-state index >= 15 is 0 Å². The highest BCUT2D eigenvalue weighted by Crippen LogP contribution is 2.28. The van der Waals surface area contributed by atoms with E-state index in [1.807, 2.05) is 4.90 Å². The summed E-state index contributed by atoms with van der Waals surface area (Å²) in [6, 6.07) is 0. The zero-order chi connectivity index (χ0) is 11.5. The van der Waals surface area contributed by atoms with Crippen molar-refractivity contribution in [1.82, 2.24) is 4.90 Å². The molecule has 0 unspecified atom stereocenters. The maximum atomic E-state index is 11.2. The number of hydrogen-bond acceptors (Lipinski definition) is 4. The van der Waals surface area contributed by atoms with E-state index in [0.717, 1.165) is 19.3 Å². The van der Waals surface area contributed by atoms with Gasteiger partial charge < -0.3 is 4.74 Å². The zero-order valence-corrected chi connectivity index (χ0v) is 9.71. The van der Waals surface area contributed by atoms with Gasteiger partial charge in [0.2, 0.25) is 0 Å². The minimum Gasteiger partial charge on any atom is -0.391 e. The Labute approximate surface area is 90.6 Å². The fourth-order valence-electron chi connectivity index (χ4n) is 2.32. The van der Waals surface area contributed by atoms with E-state index in [2.05, 4.69) is 25.5 Å². The third-order valence-electron chi connectivity index (χ3n) is 3.51. The Bertz CT molecular complexity index is 234. The van der Waals surface area contributed by atoms with Crippen LogP contribution in [0.4, 0.5) is 0 Å². The number of esters is 2. The number of nitrogens with zero attached hydrogens (tertiary/aromatic N) is 1. The first kappa shape index (κ1) is 12.2. The average Bonchev–Trinajstić information content (AvgIpc) is 2.20. The molecule has 1 aliphatic rings. The predicted molar refractivity (Wildman–Crippen MR) is 56.3 cm³/mol. The Morgan fingerprint density at radius 3 is 1.80 bits per heavy atom. The van der Waals surface area contributed by atoms with Crippen molar-refractivity contribution < 1.29 is 14.3 Å². The molecule has 1 saturated heterocycles. The van der Waals surface area contributed by atoms with Crippen LogP contribution in [0.2, 0.25) is 0 Å². The fourth-order valence-corrected chi connectivity index (χ4v) is 2.32. The molecule has 0 spiro atoms. The smallest absolute Gasteiger partial charge is 0.327 e. The lowest BCUT2D eigenvalue weighted by Gasteiger charge is -2.43. The molecule has 1 aliphatic heterocycles. The van der Waals surface area contributed by atoms with Crippen molar-refractivity contribution in [2.75, 3.05) is 13.1 Å². The van der Waals surface area contributed by atoms with Gasteiger partial charge in [0.15, 0.2) is 0 Å². The van der Waals surface area contributed by atoms with Crippen LogP contribution in [0.3, 0.4) is 0 Å². The van der Waals surface area contributed by atoms with Crippen LogP contribution in [0.15, 0.2) is 0 Å². The topological polar surface area (TPSA) is 46.6 Å². The number of carbonyl (C=O) groups is 2. The molecule has 0 aromatic heterocycles. The lowest BCUT2D eigenvalue weighted by molar-refractivity contribution is -0.170. The summed E-state index contributed by atoms with van der Waals surface area (Å²) >= 11 is 0. The molecule has 4 heteroatoms. The van der Waals surface area contributed by atoms with Crippen LogP contribution in [0.1, 0.15) is 40.0 Å². The van der Waals surface area contributed by atoms with Gasteiger partial charge in [0.25, 0.3) is 0 Å². The summed E-state index contributed by atoms with van der Waals surface area (Å²) < 4.78 is 4.53. The zero-order valence-electron chi connectivity index (χ0n) is 9.71. The quantitative estimate of drug-likeness (QED) is 0.522. The Kier molecular flexibility index (Phi) is 3.85. The van der Waals surface area contributed by atoms with Crippen molar-refractivity contribution in [3.05, 3.63) is 0 Å². The van der Waals surface area contributed by atoms with Crippen LogP contribution in [0, 0.1) is 0 Å². The van der Waals surface area contributed by atoms with Crippen LogP contribution in [-0.2, 0) is 14.3 Å². The lowest BCUT2D eigenvalue weighted by Crippen LogP contribution is -2.55. The second kappa shape index (κ2) is 4.75. The third-order valence-corrected chi connectivity index (χ3v) is 3.51. The first-order valence-corrected chi connectivity index (χ1v) is 5.56. The second-order valence-electron chi connectivity index (χ2n) is 3.99. The van der Waals surface area contributed by atoms with E-state index in [0.29, 0.717) is 0 Å². The number of ether oxygens (including phenoxy) is 1. The number of morpholine rings is 1. The standard InChI is InChI=1S/C11H19NO3/c1-4-11(5-2,6-3)12-7-9(13)15-10(14)8-12/h4-8H2,1-3H3. The van der Waals surface area contributed by atoms with Gasteiger partial charge in [-0.3, -0.25) is 14.5 Å². The summed E-state index contributed by atoms with van der Waals surface area (Å²) in [5, 5.41) is 0.